The third kappa shape index (κ3) is 25.9. The number of aromatic nitrogens is 4. The van der Waals surface area contributed by atoms with Crippen molar-refractivity contribution in [1.82, 2.24) is 78.0 Å². The Morgan fingerprint density at radius 2 is 1.10 bits per heavy atom. The number of imidazole rings is 2. The summed E-state index contributed by atoms with van der Waals surface area (Å²) in [6.45, 7) is 4.50. The number of aliphatic carboxylic acids is 1. The maximum atomic E-state index is 14.8. The predicted molar refractivity (Wildman–Crippen MR) is 320 cm³/mol. The molecule has 4 rings (SSSR count). The number of benzene rings is 1. The molecule has 89 heavy (non-hydrogen) atoms. The third-order valence-corrected chi connectivity index (χ3v) is 13.9. The van der Waals surface area contributed by atoms with E-state index in [2.05, 4.69) is 78.1 Å². The summed E-state index contributed by atoms with van der Waals surface area (Å²) >= 11 is 0. The molecule has 3 heterocycles. The van der Waals surface area contributed by atoms with E-state index in [0.29, 0.717) is 23.4 Å². The lowest BCUT2D eigenvalue weighted by Gasteiger charge is -2.31. The van der Waals surface area contributed by atoms with E-state index < -0.39 is 132 Å². The number of hydrogen-bond acceptors (Lipinski definition) is 16. The first-order chi connectivity index (χ1) is 42.3. The summed E-state index contributed by atoms with van der Waals surface area (Å²) in [6.07, 6.45) is 5.85. The normalized spacial score (nSPS) is 15.4. The zero-order valence-corrected chi connectivity index (χ0v) is 50.0. The van der Waals surface area contributed by atoms with E-state index in [-0.39, 0.29) is 109 Å². The van der Waals surface area contributed by atoms with Gasteiger partial charge in [0.25, 0.3) is 0 Å². The summed E-state index contributed by atoms with van der Waals surface area (Å²) in [5.74, 6) is -8.89. The quantitative estimate of drug-likeness (QED) is 0.0145. The van der Waals surface area contributed by atoms with Gasteiger partial charge >= 0.3 is 18.0 Å². The molecule has 23 N–H and O–H groups in total. The number of guanidine groups is 1. The van der Waals surface area contributed by atoms with Gasteiger partial charge in [-0.05, 0) is 76.2 Å². The lowest BCUT2D eigenvalue weighted by atomic mass is 10.00. The number of nitrogens with two attached hydrogens (primary N) is 5. The number of carbonyl (C=O) groups is 12. The number of hydrogen-bond donors (Lipinski definition) is 18. The summed E-state index contributed by atoms with van der Waals surface area (Å²) in [4.78, 5) is 180. The van der Waals surface area contributed by atoms with E-state index in [1.54, 1.807) is 30.3 Å². The van der Waals surface area contributed by atoms with E-state index >= 15 is 0 Å². The van der Waals surface area contributed by atoms with Crippen LogP contribution >= 0.6 is 0 Å². The molecule has 13 amide bonds. The van der Waals surface area contributed by atoms with E-state index in [1.165, 1.54) is 36.9 Å². The fraction of sp³-hybridized carbons (Fsp3) is 0.545. The lowest BCUT2D eigenvalue weighted by molar-refractivity contribution is -0.143. The summed E-state index contributed by atoms with van der Waals surface area (Å²) in [7, 11) is 0. The second kappa shape index (κ2) is 37.0. The molecule has 9 atom stereocenters. The molecule has 1 aliphatic heterocycles. The van der Waals surface area contributed by atoms with Crippen molar-refractivity contribution in [2.45, 2.75) is 152 Å². The Morgan fingerprint density at radius 1 is 0.607 bits per heavy atom. The number of carbonyl (C=O) groups excluding carboxylic acids is 11. The Hall–Kier alpha value is -9.89. The minimum atomic E-state index is -1.42. The lowest BCUT2D eigenvalue weighted by Crippen LogP contribution is -2.60. The highest BCUT2D eigenvalue weighted by atomic mass is 16.4. The van der Waals surface area contributed by atoms with Gasteiger partial charge in [0.2, 0.25) is 53.2 Å². The Morgan fingerprint density at radius 3 is 1.61 bits per heavy atom. The number of nitrogens with zero attached hydrogens (tertiary/aromatic N) is 4. The molecule has 34 heteroatoms. The van der Waals surface area contributed by atoms with Crippen LogP contribution in [-0.4, -0.2) is 194 Å². The number of rotatable bonds is 38. The van der Waals surface area contributed by atoms with Crippen molar-refractivity contribution in [2.24, 2.45) is 39.6 Å². The van der Waals surface area contributed by atoms with Gasteiger partial charge in [-0.3, -0.25) is 48.1 Å². The van der Waals surface area contributed by atoms with Crippen LogP contribution < -0.4 is 81.8 Å². The van der Waals surface area contributed by atoms with Gasteiger partial charge in [0, 0.05) is 69.2 Å². The van der Waals surface area contributed by atoms with Crippen molar-refractivity contribution in [3.8, 4) is 0 Å². The van der Waals surface area contributed by atoms with Crippen LogP contribution in [0.5, 0.6) is 0 Å². The van der Waals surface area contributed by atoms with Crippen molar-refractivity contribution in [3.63, 3.8) is 0 Å². The summed E-state index contributed by atoms with van der Waals surface area (Å²) in [6, 6.07) is -4.64. The Labute approximate surface area is 513 Å². The van der Waals surface area contributed by atoms with Gasteiger partial charge in [-0.25, -0.2) is 24.4 Å². The van der Waals surface area contributed by atoms with Crippen LogP contribution in [-0.2, 0) is 67.2 Å². The van der Waals surface area contributed by atoms with Crippen molar-refractivity contribution >= 4 is 77.2 Å². The summed E-state index contributed by atoms with van der Waals surface area (Å²) < 4.78 is 0. The number of carboxylic acids is 1. The second-order valence-corrected chi connectivity index (χ2v) is 21.7. The van der Waals surface area contributed by atoms with E-state index in [4.69, 9.17) is 28.7 Å². The minimum absolute atomic E-state index is 0.00101. The molecule has 488 valence electrons. The maximum Gasteiger partial charge on any atom is 0.326 e. The standard InChI is InChI=1S/C55H85N21O13/c1-30(2)21-41(51(85)76-20-10-16-42(76)50(84)71-36(14-8-19-65-55(60)89)47(81)74-40(24-34-26-62-29-68-34)49(83)72-37(52(86)87)15-9-17-63-53(57)58)75-48(82)38(22-32-11-5-4-6-12-32)69-43(77)27-66-45(79)39(23-33-25-61-28-67-33)73-46(80)35(70-44(78)31(3)56)13-7-18-64-54(59)88/h4-6,11-12,25-26,28-31,35-42H,7-10,13-24,27,56H2,1-3H3,(H,61,67)(H,62,68)(H,66,79)(H,69,77)(H,70,78)(H,71,84)(H,72,83)(H,73,80)(H,74,81)(H,75,82)(H,86,87)(H4,57,58,63)(H3,59,64,88)(H3,60,65,89)/t31-,35-,36-,37-,38-,39-,40-,41-,42-/m0/s1. The van der Waals surface area contributed by atoms with Crippen molar-refractivity contribution in [3.05, 3.63) is 72.3 Å². The molecule has 34 nitrogen and oxygen atoms in total. The molecule has 0 spiro atoms. The van der Waals surface area contributed by atoms with Crippen molar-refractivity contribution < 1.29 is 62.6 Å². The average molecular weight is 1250 g/mol. The maximum absolute atomic E-state index is 14.8. The summed E-state index contributed by atoms with van der Waals surface area (Å²) in [5, 5.41) is 35.6. The molecule has 3 aromatic rings. The number of aromatic amines is 2. The molecule has 1 aromatic carbocycles. The fourth-order valence-corrected chi connectivity index (χ4v) is 9.44. The molecule has 2 aromatic heterocycles. The molecular weight excluding hydrogens is 1160 g/mol. The van der Waals surface area contributed by atoms with Gasteiger partial charge in [0.1, 0.15) is 48.3 Å². The van der Waals surface area contributed by atoms with E-state index in [0.717, 1.165) is 0 Å². The molecule has 0 saturated carbocycles. The smallest absolute Gasteiger partial charge is 0.326 e. The highest BCUT2D eigenvalue weighted by molar-refractivity contribution is 5.98. The van der Waals surface area contributed by atoms with Crippen molar-refractivity contribution in [2.75, 3.05) is 32.7 Å². The molecule has 0 unspecified atom stereocenters. The van der Waals surface area contributed by atoms with Crippen LogP contribution in [0.3, 0.4) is 0 Å². The highest BCUT2D eigenvalue weighted by Crippen LogP contribution is 2.22. The zero-order chi connectivity index (χ0) is 65.6. The molecular formula is C55H85N21O13. The van der Waals surface area contributed by atoms with Crippen LogP contribution in [0.4, 0.5) is 9.59 Å². The highest BCUT2D eigenvalue weighted by Gasteiger charge is 2.41. The molecule has 0 radical (unpaired) electrons. The summed E-state index contributed by atoms with van der Waals surface area (Å²) in [5.41, 5.74) is 28.4. The zero-order valence-electron chi connectivity index (χ0n) is 50.0. The first-order valence-corrected chi connectivity index (χ1v) is 29.1. The minimum Gasteiger partial charge on any atom is -0.480 e. The van der Waals surface area contributed by atoms with Gasteiger partial charge < -0.3 is 102 Å². The van der Waals surface area contributed by atoms with Crippen LogP contribution in [0.25, 0.3) is 0 Å². The molecule has 0 aliphatic carbocycles. The van der Waals surface area contributed by atoms with Crippen LogP contribution in [0.15, 0.2) is 60.4 Å². The second-order valence-electron chi connectivity index (χ2n) is 21.7. The topological polar surface area (TPSA) is 548 Å². The SMILES string of the molecule is CC(C)C[C@H](NC(=O)[C@H](Cc1ccccc1)NC(=O)CNC(=O)[C@H](Cc1cnc[nH]1)NC(=O)[C@H](CCCNC(N)=O)NC(=O)[C@H](C)N)C(=O)N1CCC[C@H]1C(=O)N[C@@H](CCCNC(N)=O)C(=O)N[C@@H](Cc1cnc[nH]1)C(=O)N[C@@H](CCCN=C(N)N)C(=O)O. The number of primary amides is 2. The molecule has 1 aliphatic rings. The Kier molecular flexibility index (Phi) is 29.7. The number of aliphatic imine (C=N–C) groups is 1. The Bertz CT molecular complexity index is 2870. The number of likely N-dealkylation sites (tertiary alicyclic amines) is 1. The average Bonchev–Trinajstić information content (AvgIpc) is 4.43. The first kappa shape index (κ1) is 71.6. The number of urea groups is 2. The molecule has 0 bridgehead atoms. The fourth-order valence-electron chi connectivity index (χ4n) is 9.44. The van der Waals surface area contributed by atoms with Gasteiger partial charge in [0.15, 0.2) is 5.96 Å². The van der Waals surface area contributed by atoms with Gasteiger partial charge in [-0.15, -0.1) is 0 Å². The monoisotopic (exact) mass is 1250 g/mol. The first-order valence-electron chi connectivity index (χ1n) is 29.1. The number of amides is 13. The van der Waals surface area contributed by atoms with E-state index in [1.807, 2.05) is 13.8 Å². The van der Waals surface area contributed by atoms with Crippen molar-refractivity contribution in [1.29, 1.82) is 0 Å². The number of nitrogens with one attached hydrogen (secondary N) is 12. The number of carboxylic acid groups (broad SMARTS) is 1. The molecule has 1 saturated heterocycles. The van der Waals surface area contributed by atoms with Crippen LogP contribution in [0.2, 0.25) is 0 Å². The Balaban J connectivity index is 1.53. The van der Waals surface area contributed by atoms with E-state index in [9.17, 15) is 62.6 Å². The number of H-pyrrole nitrogens is 2. The van der Waals surface area contributed by atoms with Crippen LogP contribution in [0.1, 0.15) is 95.5 Å². The molecule has 1 fully saturated rings. The van der Waals surface area contributed by atoms with Crippen LogP contribution in [0, 0.1) is 5.92 Å². The predicted octanol–water partition coefficient (Wildman–Crippen LogP) is -4.91. The largest absolute Gasteiger partial charge is 0.480 e. The van der Waals surface area contributed by atoms with Gasteiger partial charge in [-0.1, -0.05) is 44.2 Å². The van der Waals surface area contributed by atoms with Gasteiger partial charge in [0.05, 0.1) is 25.2 Å². The van der Waals surface area contributed by atoms with Gasteiger partial charge in [-0.2, -0.15) is 0 Å². The third-order valence-electron chi connectivity index (χ3n) is 13.9.